The van der Waals surface area contributed by atoms with E-state index < -0.39 is 0 Å². The highest BCUT2D eigenvalue weighted by Gasteiger charge is 2.17. The van der Waals surface area contributed by atoms with Crippen LogP contribution in [0.2, 0.25) is 0 Å². The third-order valence-corrected chi connectivity index (χ3v) is 11.2. The molecule has 53 heavy (non-hydrogen) atoms. The van der Waals surface area contributed by atoms with Crippen LogP contribution in [0.1, 0.15) is 5.56 Å². The molecule has 2 heteroatoms. The molecule has 0 spiro atoms. The van der Waals surface area contributed by atoms with Gasteiger partial charge in [0.25, 0.3) is 0 Å². The van der Waals surface area contributed by atoms with Gasteiger partial charge in [0, 0.05) is 32.9 Å². The van der Waals surface area contributed by atoms with E-state index in [4.69, 9.17) is 0 Å². The molecule has 0 saturated carbocycles. The van der Waals surface area contributed by atoms with Gasteiger partial charge in [0.15, 0.2) is 0 Å². The molecule has 2 aromatic heterocycles. The van der Waals surface area contributed by atoms with Gasteiger partial charge in [-0.3, -0.25) is 0 Å². The van der Waals surface area contributed by atoms with E-state index in [1.165, 1.54) is 98.3 Å². The molecule has 2 heterocycles. The molecule has 0 bridgehead atoms. The van der Waals surface area contributed by atoms with Crippen molar-refractivity contribution >= 4 is 75.9 Å². The number of hydrogen-bond acceptors (Lipinski definition) is 0. The third kappa shape index (κ3) is 4.46. The molecule has 0 aliphatic rings. The Balaban J connectivity index is 1.12. The topological polar surface area (TPSA) is 9.86 Å². The molecule has 2 nitrogen and oxygen atoms in total. The maximum Gasteiger partial charge on any atom is 0.0547 e. The summed E-state index contributed by atoms with van der Waals surface area (Å²) in [5.74, 6) is 0. The Bertz CT molecular complexity index is 3230. The van der Waals surface area contributed by atoms with Crippen molar-refractivity contribution in [3.05, 3.63) is 194 Å². The molecule has 0 fully saturated rings. The number of benzene rings is 9. The van der Waals surface area contributed by atoms with Crippen molar-refractivity contribution in [3.63, 3.8) is 0 Å². The maximum atomic E-state index is 3.98. The van der Waals surface area contributed by atoms with Crippen molar-refractivity contribution in [2.45, 2.75) is 6.42 Å². The second-order valence-corrected chi connectivity index (χ2v) is 14.2. The molecule has 0 aliphatic carbocycles. The molecule has 0 N–H and O–H groups in total. The number of fused-ring (bicyclic) bond motifs is 12. The molecule has 0 radical (unpaired) electrons. The lowest BCUT2D eigenvalue weighted by Crippen LogP contribution is -1.95. The number of rotatable bonds is 5. The number of allylic oxidation sites excluding steroid dienone is 1. The fourth-order valence-electron chi connectivity index (χ4n) is 8.86. The standard InChI is InChI=1S/C51H34N2/c1-2-12-33-21-27-49-46(29-33)44-25-22-35(31-51(44)52(49)36-13-4-3-5-14-36)34-23-28-50-47(30-34)43-19-10-11-20-48(43)53(50)37-24-26-42-40-17-7-6-15-38(40)39-16-8-9-18-41(39)45(42)32-37/h2-11,13-32H,1,12H2. The molecule has 11 rings (SSSR count). The van der Waals surface area contributed by atoms with E-state index >= 15 is 0 Å². The van der Waals surface area contributed by atoms with Crippen molar-refractivity contribution in [1.82, 2.24) is 9.13 Å². The zero-order valence-electron chi connectivity index (χ0n) is 29.1. The summed E-state index contributed by atoms with van der Waals surface area (Å²) in [5, 5.41) is 12.8. The first-order valence-electron chi connectivity index (χ1n) is 18.4. The number of hydrogen-bond donors (Lipinski definition) is 0. The van der Waals surface area contributed by atoms with Crippen LogP contribution in [0.25, 0.3) is 98.4 Å². The van der Waals surface area contributed by atoms with Crippen LogP contribution in [-0.4, -0.2) is 9.13 Å². The normalized spacial score (nSPS) is 11.9. The summed E-state index contributed by atoms with van der Waals surface area (Å²) in [5.41, 5.74) is 10.8. The van der Waals surface area contributed by atoms with Crippen LogP contribution in [0, 0.1) is 0 Å². The van der Waals surface area contributed by atoms with E-state index in [0.717, 1.165) is 12.1 Å². The monoisotopic (exact) mass is 674 g/mol. The highest BCUT2D eigenvalue weighted by atomic mass is 15.0. The van der Waals surface area contributed by atoms with Gasteiger partial charge in [0.05, 0.1) is 22.1 Å². The Kier molecular flexibility index (Phi) is 6.50. The van der Waals surface area contributed by atoms with Gasteiger partial charge in [-0.15, -0.1) is 6.58 Å². The van der Waals surface area contributed by atoms with Crippen molar-refractivity contribution in [3.8, 4) is 22.5 Å². The summed E-state index contributed by atoms with van der Waals surface area (Å²) in [4.78, 5) is 0. The first-order valence-corrected chi connectivity index (χ1v) is 18.4. The van der Waals surface area contributed by atoms with E-state index in [1.807, 2.05) is 6.08 Å². The highest BCUT2D eigenvalue weighted by Crippen LogP contribution is 2.40. The number of para-hydroxylation sites is 2. The van der Waals surface area contributed by atoms with Gasteiger partial charge in [0.1, 0.15) is 0 Å². The Hall–Kier alpha value is -6.90. The second-order valence-electron chi connectivity index (χ2n) is 14.2. The van der Waals surface area contributed by atoms with E-state index in [0.29, 0.717) is 0 Å². The first-order chi connectivity index (χ1) is 26.2. The lowest BCUT2D eigenvalue weighted by molar-refractivity contribution is 1.18. The van der Waals surface area contributed by atoms with Gasteiger partial charge in [-0.1, -0.05) is 121 Å². The average Bonchev–Trinajstić information content (AvgIpc) is 3.73. The Morgan fingerprint density at radius 1 is 0.340 bits per heavy atom. The fourth-order valence-corrected chi connectivity index (χ4v) is 8.86. The van der Waals surface area contributed by atoms with Gasteiger partial charge in [0.2, 0.25) is 0 Å². The molecular weight excluding hydrogens is 641 g/mol. The maximum absolute atomic E-state index is 3.98. The minimum absolute atomic E-state index is 0.854. The Morgan fingerprint density at radius 3 is 1.58 bits per heavy atom. The molecular formula is C51H34N2. The first kappa shape index (κ1) is 29.8. The quantitative estimate of drug-likeness (QED) is 0.127. The minimum atomic E-state index is 0.854. The third-order valence-electron chi connectivity index (χ3n) is 11.2. The number of aromatic nitrogens is 2. The van der Waals surface area contributed by atoms with Crippen molar-refractivity contribution in [2.75, 3.05) is 0 Å². The molecule has 9 aromatic carbocycles. The molecule has 248 valence electrons. The van der Waals surface area contributed by atoms with E-state index in [9.17, 15) is 0 Å². The largest absolute Gasteiger partial charge is 0.309 e. The average molecular weight is 675 g/mol. The summed E-state index contributed by atoms with van der Waals surface area (Å²) < 4.78 is 4.85. The smallest absolute Gasteiger partial charge is 0.0547 e. The number of nitrogens with zero attached hydrogens (tertiary/aromatic N) is 2. The molecule has 0 unspecified atom stereocenters. The lowest BCUT2D eigenvalue weighted by atomic mass is 9.94. The summed E-state index contributed by atoms with van der Waals surface area (Å²) in [6.07, 6.45) is 2.83. The van der Waals surface area contributed by atoms with Crippen LogP contribution in [0.5, 0.6) is 0 Å². The SMILES string of the molecule is C=CCc1ccc2c(c1)c1ccc(-c3ccc4c(c3)c3ccccc3n4-c3ccc4c5ccccc5c5ccccc5c4c3)cc1n2-c1ccccc1. The van der Waals surface area contributed by atoms with E-state index in [-0.39, 0.29) is 0 Å². The molecule has 0 amide bonds. The zero-order valence-corrected chi connectivity index (χ0v) is 29.1. The van der Waals surface area contributed by atoms with E-state index in [2.05, 4.69) is 192 Å². The van der Waals surface area contributed by atoms with E-state index in [1.54, 1.807) is 0 Å². The van der Waals surface area contributed by atoms with Gasteiger partial charge in [-0.2, -0.15) is 0 Å². The minimum Gasteiger partial charge on any atom is -0.309 e. The van der Waals surface area contributed by atoms with Crippen LogP contribution in [0.4, 0.5) is 0 Å². The van der Waals surface area contributed by atoms with Crippen molar-refractivity contribution in [2.24, 2.45) is 0 Å². The zero-order chi connectivity index (χ0) is 35.0. The molecule has 0 atom stereocenters. The van der Waals surface area contributed by atoms with Crippen molar-refractivity contribution < 1.29 is 0 Å². The second kappa shape index (κ2) is 11.6. The van der Waals surface area contributed by atoms with Crippen LogP contribution >= 0.6 is 0 Å². The van der Waals surface area contributed by atoms with Crippen LogP contribution in [0.15, 0.2) is 189 Å². The van der Waals surface area contributed by atoms with Gasteiger partial charge < -0.3 is 9.13 Å². The predicted octanol–water partition coefficient (Wildman–Crippen LogP) is 13.7. The van der Waals surface area contributed by atoms with Crippen LogP contribution in [0.3, 0.4) is 0 Å². The van der Waals surface area contributed by atoms with Gasteiger partial charge >= 0.3 is 0 Å². The summed E-state index contributed by atoms with van der Waals surface area (Å²) in [6.45, 7) is 3.98. The fraction of sp³-hybridized carbons (Fsp3) is 0.0196. The Morgan fingerprint density at radius 2 is 0.849 bits per heavy atom. The van der Waals surface area contributed by atoms with Gasteiger partial charge in [-0.25, -0.2) is 0 Å². The summed E-state index contributed by atoms with van der Waals surface area (Å²) >= 11 is 0. The summed E-state index contributed by atoms with van der Waals surface area (Å²) in [7, 11) is 0. The summed E-state index contributed by atoms with van der Waals surface area (Å²) in [6, 6.07) is 64.9. The van der Waals surface area contributed by atoms with Crippen LogP contribution in [-0.2, 0) is 6.42 Å². The van der Waals surface area contributed by atoms with Gasteiger partial charge in [-0.05, 0) is 116 Å². The Labute approximate surface area is 307 Å². The molecule has 0 saturated heterocycles. The molecule has 0 aliphatic heterocycles. The van der Waals surface area contributed by atoms with Crippen LogP contribution < -0.4 is 0 Å². The van der Waals surface area contributed by atoms with Crippen molar-refractivity contribution in [1.29, 1.82) is 0 Å². The predicted molar refractivity (Wildman–Crippen MR) is 227 cm³/mol. The highest BCUT2D eigenvalue weighted by molar-refractivity contribution is 6.25. The lowest BCUT2D eigenvalue weighted by Gasteiger charge is -2.14. The molecule has 11 aromatic rings.